The van der Waals surface area contributed by atoms with Crippen molar-refractivity contribution in [2.45, 2.75) is 31.1 Å². The van der Waals surface area contributed by atoms with E-state index in [4.69, 9.17) is 23.2 Å². The zero-order valence-electron chi connectivity index (χ0n) is 10.8. The SMILES string of the molecule is CN1CC2CCCC[C@@]2(c2ccc(Cl)c(Cl)c2)C1. The zero-order valence-corrected chi connectivity index (χ0v) is 12.3. The molecule has 1 aromatic rings. The van der Waals surface area contributed by atoms with E-state index in [1.54, 1.807) is 0 Å². The summed E-state index contributed by atoms with van der Waals surface area (Å²) >= 11 is 12.3. The Bertz CT molecular complexity index is 460. The first kappa shape index (κ1) is 12.8. The fourth-order valence-corrected chi connectivity index (χ4v) is 4.28. The Morgan fingerprint density at radius 3 is 2.83 bits per heavy atom. The lowest BCUT2D eigenvalue weighted by molar-refractivity contribution is 0.242. The summed E-state index contributed by atoms with van der Waals surface area (Å²) in [5, 5.41) is 1.36. The van der Waals surface area contributed by atoms with Gasteiger partial charge < -0.3 is 4.90 Å². The lowest BCUT2D eigenvalue weighted by atomic mass is 9.64. The fraction of sp³-hybridized carbons (Fsp3) is 0.600. The molecule has 1 heterocycles. The normalized spacial score (nSPS) is 32.5. The number of likely N-dealkylation sites (N-methyl/N-ethyl adjacent to an activating group) is 1. The molecule has 98 valence electrons. The maximum absolute atomic E-state index is 6.21. The Morgan fingerprint density at radius 2 is 2.06 bits per heavy atom. The number of fused-ring (bicyclic) bond motifs is 1. The van der Waals surface area contributed by atoms with E-state index in [0.717, 1.165) is 12.5 Å². The summed E-state index contributed by atoms with van der Waals surface area (Å²) in [6.45, 7) is 2.38. The van der Waals surface area contributed by atoms with Crippen molar-refractivity contribution >= 4 is 23.2 Å². The van der Waals surface area contributed by atoms with E-state index in [2.05, 4.69) is 24.1 Å². The molecule has 2 atom stereocenters. The molecule has 1 aromatic carbocycles. The molecule has 1 aliphatic carbocycles. The Labute approximate surface area is 119 Å². The van der Waals surface area contributed by atoms with Crippen molar-refractivity contribution in [3.8, 4) is 0 Å². The monoisotopic (exact) mass is 283 g/mol. The van der Waals surface area contributed by atoms with E-state index in [9.17, 15) is 0 Å². The van der Waals surface area contributed by atoms with Gasteiger partial charge in [0.25, 0.3) is 0 Å². The molecule has 18 heavy (non-hydrogen) atoms. The van der Waals surface area contributed by atoms with Crippen LogP contribution in [0.2, 0.25) is 10.0 Å². The average molecular weight is 284 g/mol. The van der Waals surface area contributed by atoms with Gasteiger partial charge in [-0.15, -0.1) is 0 Å². The summed E-state index contributed by atoms with van der Waals surface area (Å²) in [5.41, 5.74) is 1.72. The minimum atomic E-state index is 0.321. The number of hydrogen-bond donors (Lipinski definition) is 0. The summed E-state index contributed by atoms with van der Waals surface area (Å²) in [6, 6.07) is 6.24. The van der Waals surface area contributed by atoms with Crippen LogP contribution in [-0.4, -0.2) is 25.0 Å². The van der Waals surface area contributed by atoms with Crippen LogP contribution in [0.25, 0.3) is 0 Å². The quantitative estimate of drug-likeness (QED) is 0.740. The first-order chi connectivity index (χ1) is 8.62. The van der Waals surface area contributed by atoms with Gasteiger partial charge in [0.05, 0.1) is 10.0 Å². The first-order valence-corrected chi connectivity index (χ1v) is 7.51. The van der Waals surface area contributed by atoms with Crippen LogP contribution < -0.4 is 0 Å². The molecule has 0 N–H and O–H groups in total. The lowest BCUT2D eigenvalue weighted by Crippen LogP contribution is -2.37. The molecule has 1 saturated carbocycles. The molecule has 3 rings (SSSR count). The number of benzene rings is 1. The standard InChI is InChI=1S/C15H19Cl2N/c1-18-9-12-4-2-3-7-15(12,10-18)11-5-6-13(16)14(17)8-11/h5-6,8,12H,2-4,7,9-10H2,1H3/t12?,15-/m0/s1. The summed E-state index contributed by atoms with van der Waals surface area (Å²) in [4.78, 5) is 2.47. The van der Waals surface area contributed by atoms with E-state index in [0.29, 0.717) is 15.5 Å². The second-order valence-electron chi connectivity index (χ2n) is 5.92. The molecule has 1 aliphatic heterocycles. The van der Waals surface area contributed by atoms with Gasteiger partial charge in [-0.1, -0.05) is 42.1 Å². The highest BCUT2D eigenvalue weighted by Gasteiger charge is 2.47. The van der Waals surface area contributed by atoms with Gasteiger partial charge in [0.1, 0.15) is 0 Å². The van der Waals surface area contributed by atoms with Gasteiger partial charge >= 0.3 is 0 Å². The van der Waals surface area contributed by atoms with Gasteiger partial charge in [-0.2, -0.15) is 0 Å². The van der Waals surface area contributed by atoms with E-state index < -0.39 is 0 Å². The Balaban J connectivity index is 2.03. The van der Waals surface area contributed by atoms with Crippen LogP contribution in [-0.2, 0) is 5.41 Å². The molecule has 0 aromatic heterocycles. The summed E-state index contributed by atoms with van der Waals surface area (Å²) in [5.74, 6) is 0.786. The van der Waals surface area contributed by atoms with Crippen molar-refractivity contribution in [1.82, 2.24) is 4.90 Å². The Hall–Kier alpha value is -0.240. The third kappa shape index (κ3) is 1.97. The Morgan fingerprint density at radius 1 is 1.22 bits per heavy atom. The lowest BCUT2D eigenvalue weighted by Gasteiger charge is -2.39. The van der Waals surface area contributed by atoms with Crippen molar-refractivity contribution in [2.75, 3.05) is 20.1 Å². The van der Waals surface area contributed by atoms with Crippen molar-refractivity contribution in [1.29, 1.82) is 0 Å². The molecule has 0 spiro atoms. The van der Waals surface area contributed by atoms with E-state index in [1.165, 1.54) is 37.8 Å². The van der Waals surface area contributed by atoms with E-state index in [-0.39, 0.29) is 0 Å². The molecule has 1 saturated heterocycles. The summed E-state index contributed by atoms with van der Waals surface area (Å²) < 4.78 is 0. The van der Waals surface area contributed by atoms with Gasteiger partial charge in [0.2, 0.25) is 0 Å². The Kier molecular flexibility index (Phi) is 3.34. The van der Waals surface area contributed by atoms with Crippen LogP contribution in [0.1, 0.15) is 31.2 Å². The number of halogens is 2. The second-order valence-corrected chi connectivity index (χ2v) is 6.74. The van der Waals surface area contributed by atoms with Crippen molar-refractivity contribution < 1.29 is 0 Å². The number of likely N-dealkylation sites (tertiary alicyclic amines) is 1. The summed E-state index contributed by atoms with van der Waals surface area (Å²) in [7, 11) is 2.23. The van der Waals surface area contributed by atoms with Crippen molar-refractivity contribution in [3.05, 3.63) is 33.8 Å². The zero-order chi connectivity index (χ0) is 12.8. The minimum absolute atomic E-state index is 0.321. The molecule has 1 nitrogen and oxygen atoms in total. The van der Waals surface area contributed by atoms with Crippen LogP contribution in [0.5, 0.6) is 0 Å². The van der Waals surface area contributed by atoms with Gasteiger partial charge in [-0.25, -0.2) is 0 Å². The molecule has 2 fully saturated rings. The van der Waals surface area contributed by atoms with E-state index in [1.807, 2.05) is 6.07 Å². The number of rotatable bonds is 1. The highest BCUT2D eigenvalue weighted by molar-refractivity contribution is 6.42. The third-order valence-electron chi connectivity index (χ3n) is 4.79. The topological polar surface area (TPSA) is 3.24 Å². The van der Waals surface area contributed by atoms with Crippen LogP contribution in [0.3, 0.4) is 0 Å². The smallest absolute Gasteiger partial charge is 0.0595 e. The van der Waals surface area contributed by atoms with Crippen LogP contribution in [0, 0.1) is 5.92 Å². The van der Waals surface area contributed by atoms with Gasteiger partial charge in [-0.3, -0.25) is 0 Å². The molecule has 0 radical (unpaired) electrons. The molecule has 0 amide bonds. The highest BCUT2D eigenvalue weighted by atomic mass is 35.5. The second kappa shape index (κ2) is 4.70. The molecule has 3 heteroatoms. The maximum atomic E-state index is 6.21. The minimum Gasteiger partial charge on any atom is -0.305 e. The van der Waals surface area contributed by atoms with Gasteiger partial charge in [0.15, 0.2) is 0 Å². The predicted octanol–water partition coefficient (Wildman–Crippen LogP) is 4.37. The number of nitrogens with zero attached hydrogens (tertiary/aromatic N) is 1. The van der Waals surface area contributed by atoms with Gasteiger partial charge in [0, 0.05) is 18.5 Å². The fourth-order valence-electron chi connectivity index (χ4n) is 3.99. The molecule has 1 unspecified atom stereocenters. The average Bonchev–Trinajstić information content (AvgIpc) is 2.69. The molecule has 2 aliphatic rings. The highest BCUT2D eigenvalue weighted by Crippen LogP contribution is 2.49. The van der Waals surface area contributed by atoms with Gasteiger partial charge in [-0.05, 0) is 43.5 Å². The molecular formula is C15H19Cl2N. The largest absolute Gasteiger partial charge is 0.305 e. The van der Waals surface area contributed by atoms with Crippen LogP contribution in [0.15, 0.2) is 18.2 Å². The van der Waals surface area contributed by atoms with E-state index >= 15 is 0 Å². The van der Waals surface area contributed by atoms with Crippen molar-refractivity contribution in [3.63, 3.8) is 0 Å². The third-order valence-corrected chi connectivity index (χ3v) is 5.52. The molecular weight excluding hydrogens is 265 g/mol. The van der Waals surface area contributed by atoms with Crippen molar-refractivity contribution in [2.24, 2.45) is 5.92 Å². The summed E-state index contributed by atoms with van der Waals surface area (Å²) in [6.07, 6.45) is 5.36. The maximum Gasteiger partial charge on any atom is 0.0595 e. The predicted molar refractivity (Wildman–Crippen MR) is 77.6 cm³/mol. The van der Waals surface area contributed by atoms with Crippen LogP contribution in [0.4, 0.5) is 0 Å². The molecule has 0 bridgehead atoms. The van der Waals surface area contributed by atoms with Crippen LogP contribution >= 0.6 is 23.2 Å². The first-order valence-electron chi connectivity index (χ1n) is 6.76. The number of hydrogen-bond acceptors (Lipinski definition) is 1.